The van der Waals surface area contributed by atoms with Gasteiger partial charge in [0.15, 0.2) is 6.04 Å². The second kappa shape index (κ2) is 9.11. The van der Waals surface area contributed by atoms with Gasteiger partial charge in [-0.2, -0.15) is 0 Å². The van der Waals surface area contributed by atoms with Crippen molar-refractivity contribution in [1.82, 2.24) is 0 Å². The number of hydrogen-bond donors (Lipinski definition) is 1. The predicted octanol–water partition coefficient (Wildman–Crippen LogP) is 3.85. The van der Waals surface area contributed by atoms with Crippen LogP contribution in [0, 0.1) is 5.82 Å². The number of hydrogen-bond acceptors (Lipinski definition) is 6. The zero-order valence-corrected chi connectivity index (χ0v) is 17.3. The molecule has 0 bridgehead atoms. The van der Waals surface area contributed by atoms with Gasteiger partial charge < -0.3 is 15.0 Å². The lowest BCUT2D eigenvalue weighted by Gasteiger charge is -2.30. The van der Waals surface area contributed by atoms with Crippen molar-refractivity contribution in [2.24, 2.45) is 0 Å². The molecule has 1 aliphatic carbocycles. The molecule has 0 heterocycles. The number of ether oxygens (including phenoxy) is 1. The first-order chi connectivity index (χ1) is 15.5. The van der Waals surface area contributed by atoms with Crippen molar-refractivity contribution in [1.29, 1.82) is 0 Å². The molecule has 7 heteroatoms. The number of methoxy groups -OCH3 is 1. The van der Waals surface area contributed by atoms with Crippen LogP contribution in [0.4, 0.5) is 21.5 Å². The van der Waals surface area contributed by atoms with Crippen LogP contribution in [-0.2, 0) is 19.1 Å². The van der Waals surface area contributed by atoms with E-state index in [1.165, 1.54) is 12.1 Å². The van der Waals surface area contributed by atoms with E-state index in [2.05, 4.69) is 5.32 Å². The zero-order chi connectivity index (χ0) is 22.7. The molecule has 3 aromatic carbocycles. The van der Waals surface area contributed by atoms with E-state index >= 15 is 0 Å². The van der Waals surface area contributed by atoms with Gasteiger partial charge in [0.05, 0.1) is 12.6 Å². The van der Waals surface area contributed by atoms with Crippen molar-refractivity contribution in [3.05, 3.63) is 90.2 Å². The molecule has 0 aliphatic heterocycles. The highest BCUT2D eigenvalue weighted by molar-refractivity contribution is 6.79. The maximum atomic E-state index is 13.6. The van der Waals surface area contributed by atoms with Crippen LogP contribution in [-0.4, -0.2) is 37.0 Å². The molecule has 1 fully saturated rings. The average molecular weight is 432 g/mol. The minimum atomic E-state index is -1.15. The molecule has 1 unspecified atom stereocenters. The van der Waals surface area contributed by atoms with E-state index < -0.39 is 23.4 Å². The van der Waals surface area contributed by atoms with Crippen LogP contribution in [0.1, 0.15) is 11.7 Å². The Bertz CT molecular complexity index is 1130. The van der Waals surface area contributed by atoms with Crippen LogP contribution in [0.5, 0.6) is 0 Å². The number of nitrogens with zero attached hydrogens (tertiary/aromatic N) is 1. The molecule has 32 heavy (non-hydrogen) atoms. The first-order valence-corrected chi connectivity index (χ1v) is 10.1. The number of carbonyl (C=O) groups excluding carboxylic acids is 3. The lowest BCUT2D eigenvalue weighted by Crippen LogP contribution is -2.57. The molecule has 1 N–H and O–H groups in total. The van der Waals surface area contributed by atoms with E-state index in [-0.39, 0.29) is 11.9 Å². The highest BCUT2D eigenvalue weighted by Gasteiger charge is 2.48. The van der Waals surface area contributed by atoms with Crippen molar-refractivity contribution in [3.8, 4) is 0 Å². The summed E-state index contributed by atoms with van der Waals surface area (Å²) >= 11 is 0. The van der Waals surface area contributed by atoms with Crippen molar-refractivity contribution < 1.29 is 23.5 Å². The van der Waals surface area contributed by atoms with Crippen molar-refractivity contribution >= 4 is 34.4 Å². The van der Waals surface area contributed by atoms with E-state index in [0.29, 0.717) is 12.2 Å². The highest BCUT2D eigenvalue weighted by atomic mass is 19.1. The van der Waals surface area contributed by atoms with Gasteiger partial charge in [0, 0.05) is 24.2 Å². The summed E-state index contributed by atoms with van der Waals surface area (Å²) in [5.74, 6) is -2.79. The normalized spacial score (nSPS) is 14.8. The lowest BCUT2D eigenvalue weighted by molar-refractivity contribution is -0.152. The molecule has 0 amide bonds. The van der Waals surface area contributed by atoms with Gasteiger partial charge in [-0.1, -0.05) is 36.4 Å². The fourth-order valence-corrected chi connectivity index (χ4v) is 3.62. The highest BCUT2D eigenvalue weighted by Crippen LogP contribution is 2.31. The summed E-state index contributed by atoms with van der Waals surface area (Å²) in [6.07, 6.45) is -0.273. The van der Waals surface area contributed by atoms with Crippen LogP contribution in [0.25, 0.3) is 0 Å². The number of ketones is 3. The standard InChI is InChI=1S/C25H21FN2O4/c1-32-21(16-6-3-2-4-7-16)15-28(19-12-10-17(26)11-13-19)20-9-5-8-18(14-20)27-22-23(29)25(31)24(22)30/h2-14,21-22,27H,15H2,1H3. The maximum Gasteiger partial charge on any atom is 0.269 e. The van der Waals surface area contributed by atoms with Crippen molar-refractivity contribution in [3.63, 3.8) is 0 Å². The van der Waals surface area contributed by atoms with E-state index in [0.717, 1.165) is 16.9 Å². The Hall–Kier alpha value is -3.84. The second-order valence-electron chi connectivity index (χ2n) is 7.41. The summed E-state index contributed by atoms with van der Waals surface area (Å²) < 4.78 is 19.3. The molecule has 0 saturated heterocycles. The van der Waals surface area contributed by atoms with E-state index in [9.17, 15) is 18.8 Å². The number of Topliss-reactive ketones (excluding diaryl/α,β-unsaturated/α-hetero) is 3. The lowest BCUT2D eigenvalue weighted by atomic mass is 9.87. The van der Waals surface area contributed by atoms with Crippen LogP contribution in [0.2, 0.25) is 0 Å². The Labute approximate surface area is 184 Å². The molecular weight excluding hydrogens is 411 g/mol. The van der Waals surface area contributed by atoms with Crippen molar-refractivity contribution in [2.45, 2.75) is 12.1 Å². The fraction of sp³-hybridized carbons (Fsp3) is 0.160. The van der Waals surface area contributed by atoms with Gasteiger partial charge in [0.1, 0.15) is 5.82 Å². The predicted molar refractivity (Wildman–Crippen MR) is 118 cm³/mol. The van der Waals surface area contributed by atoms with Gasteiger partial charge in [0.25, 0.3) is 5.78 Å². The quantitative estimate of drug-likeness (QED) is 0.431. The van der Waals surface area contributed by atoms with E-state index in [4.69, 9.17) is 4.74 Å². The topological polar surface area (TPSA) is 75.7 Å². The SMILES string of the molecule is COC(CN(c1ccc(F)cc1)c1cccc(NC2C(=O)C(=O)C2=O)c1)c1ccccc1. The Kier molecular flexibility index (Phi) is 6.09. The molecule has 0 aromatic heterocycles. The van der Waals surface area contributed by atoms with Gasteiger partial charge in [0.2, 0.25) is 11.6 Å². The summed E-state index contributed by atoms with van der Waals surface area (Å²) in [4.78, 5) is 36.6. The summed E-state index contributed by atoms with van der Waals surface area (Å²) in [7, 11) is 1.63. The van der Waals surface area contributed by atoms with Crippen LogP contribution in [0.15, 0.2) is 78.9 Å². The molecule has 0 spiro atoms. The maximum absolute atomic E-state index is 13.6. The van der Waals surface area contributed by atoms with Crippen LogP contribution >= 0.6 is 0 Å². The zero-order valence-electron chi connectivity index (χ0n) is 17.3. The molecule has 3 aromatic rings. The van der Waals surface area contributed by atoms with Gasteiger partial charge in [-0.25, -0.2) is 4.39 Å². The van der Waals surface area contributed by atoms with Gasteiger partial charge in [-0.15, -0.1) is 0 Å². The largest absolute Gasteiger partial charge is 0.375 e. The molecule has 6 nitrogen and oxygen atoms in total. The number of nitrogens with one attached hydrogen (secondary N) is 1. The third-order valence-corrected chi connectivity index (χ3v) is 5.38. The third-order valence-electron chi connectivity index (χ3n) is 5.38. The Morgan fingerprint density at radius 1 is 0.906 bits per heavy atom. The molecular formula is C25H21FN2O4. The summed E-state index contributed by atoms with van der Waals surface area (Å²) in [5.41, 5.74) is 2.99. The third kappa shape index (κ3) is 4.29. The number of anilines is 3. The number of halogens is 1. The monoisotopic (exact) mass is 432 g/mol. The summed E-state index contributed by atoms with van der Waals surface area (Å²) in [6.45, 7) is 0.426. The molecule has 1 saturated carbocycles. The molecule has 0 radical (unpaired) electrons. The smallest absolute Gasteiger partial charge is 0.269 e. The summed E-state index contributed by atoms with van der Waals surface area (Å²) in [6, 6.07) is 21.8. The Balaban J connectivity index is 1.65. The first-order valence-electron chi connectivity index (χ1n) is 10.1. The summed E-state index contributed by atoms with van der Waals surface area (Å²) in [5, 5.41) is 2.83. The van der Waals surface area contributed by atoms with Crippen molar-refractivity contribution in [2.75, 3.05) is 23.9 Å². The minimum Gasteiger partial charge on any atom is -0.375 e. The number of carbonyl (C=O) groups is 3. The van der Waals surface area contributed by atoms with Crippen LogP contribution in [0.3, 0.4) is 0 Å². The van der Waals surface area contributed by atoms with Gasteiger partial charge in [-0.3, -0.25) is 14.4 Å². The molecule has 1 atom stereocenters. The van der Waals surface area contributed by atoms with E-state index in [1.54, 1.807) is 37.4 Å². The second-order valence-corrected chi connectivity index (χ2v) is 7.41. The molecule has 1 aliphatic rings. The molecule has 4 rings (SSSR count). The first kappa shape index (κ1) is 21.4. The average Bonchev–Trinajstić information content (AvgIpc) is 2.84. The Morgan fingerprint density at radius 3 is 2.25 bits per heavy atom. The number of benzene rings is 3. The molecule has 162 valence electrons. The van der Waals surface area contributed by atoms with Crippen LogP contribution < -0.4 is 10.2 Å². The van der Waals surface area contributed by atoms with E-state index in [1.807, 2.05) is 41.3 Å². The number of rotatable bonds is 8. The van der Waals surface area contributed by atoms with Gasteiger partial charge in [-0.05, 0) is 48.0 Å². The van der Waals surface area contributed by atoms with Gasteiger partial charge >= 0.3 is 0 Å². The fourth-order valence-electron chi connectivity index (χ4n) is 3.62. The Morgan fingerprint density at radius 2 is 1.59 bits per heavy atom. The minimum absolute atomic E-state index is 0.273.